The van der Waals surface area contributed by atoms with Crippen molar-refractivity contribution in [1.82, 2.24) is 15.5 Å². The lowest BCUT2D eigenvalue weighted by atomic mass is 10.2. The molecule has 24 heavy (non-hydrogen) atoms. The van der Waals surface area contributed by atoms with Crippen molar-refractivity contribution in [2.45, 2.75) is 25.9 Å². The van der Waals surface area contributed by atoms with Gasteiger partial charge in [0.2, 0.25) is 11.8 Å². The number of morpholine rings is 1. The van der Waals surface area contributed by atoms with Crippen LogP contribution in [0.3, 0.4) is 0 Å². The van der Waals surface area contributed by atoms with Crippen LogP contribution < -0.4 is 10.6 Å². The van der Waals surface area contributed by atoms with E-state index in [9.17, 15) is 14.4 Å². The Morgan fingerprint density at radius 3 is 2.42 bits per heavy atom. The Morgan fingerprint density at radius 2 is 1.83 bits per heavy atom. The van der Waals surface area contributed by atoms with Crippen LogP contribution in [0, 0.1) is 0 Å². The van der Waals surface area contributed by atoms with E-state index in [1.165, 1.54) is 11.3 Å². The van der Waals surface area contributed by atoms with Gasteiger partial charge in [-0.1, -0.05) is 0 Å². The number of nitrogens with zero attached hydrogens (tertiary/aromatic N) is 1. The minimum Gasteiger partial charge on any atom is -0.378 e. The van der Waals surface area contributed by atoms with Crippen molar-refractivity contribution < 1.29 is 19.1 Å². The van der Waals surface area contributed by atoms with Gasteiger partial charge in [0.05, 0.1) is 21.9 Å². The lowest BCUT2D eigenvalue weighted by molar-refractivity contribution is -0.139. The first-order valence-corrected chi connectivity index (χ1v) is 9.22. The highest BCUT2D eigenvalue weighted by atomic mass is 79.9. The zero-order valence-corrected chi connectivity index (χ0v) is 15.9. The number of carbonyl (C=O) groups is 3. The second-order valence-corrected chi connectivity index (χ2v) is 7.93. The van der Waals surface area contributed by atoms with Gasteiger partial charge in [0.15, 0.2) is 0 Å². The Morgan fingerprint density at radius 1 is 1.17 bits per heavy atom. The summed E-state index contributed by atoms with van der Waals surface area (Å²) in [4.78, 5) is 38.7. The molecule has 1 aromatic rings. The lowest BCUT2D eigenvalue weighted by Crippen LogP contribution is -2.54. The van der Waals surface area contributed by atoms with Crippen molar-refractivity contribution in [2.24, 2.45) is 0 Å². The number of halogens is 1. The van der Waals surface area contributed by atoms with Crippen LogP contribution in [0.15, 0.2) is 15.9 Å². The number of nitrogens with one attached hydrogen (secondary N) is 2. The summed E-state index contributed by atoms with van der Waals surface area (Å²) in [6.07, 6.45) is 0. The zero-order chi connectivity index (χ0) is 17.7. The Hall–Kier alpha value is -1.45. The molecule has 9 heteroatoms. The van der Waals surface area contributed by atoms with Gasteiger partial charge in [-0.2, -0.15) is 0 Å². The molecule has 1 aliphatic heterocycles. The van der Waals surface area contributed by atoms with Crippen molar-refractivity contribution >= 4 is 45.0 Å². The zero-order valence-electron chi connectivity index (χ0n) is 13.5. The van der Waals surface area contributed by atoms with E-state index >= 15 is 0 Å². The molecule has 0 saturated carbocycles. The molecule has 0 aliphatic carbocycles. The van der Waals surface area contributed by atoms with E-state index in [-0.39, 0.29) is 11.8 Å². The maximum Gasteiger partial charge on any atom is 0.262 e. The molecule has 1 saturated heterocycles. The number of thiophene rings is 1. The van der Waals surface area contributed by atoms with Crippen molar-refractivity contribution in [2.75, 3.05) is 26.3 Å². The second-order valence-electron chi connectivity index (χ2n) is 5.47. The Balaban J connectivity index is 1.84. The summed E-state index contributed by atoms with van der Waals surface area (Å²) >= 11 is 4.58. The largest absolute Gasteiger partial charge is 0.378 e. The van der Waals surface area contributed by atoms with E-state index < -0.39 is 18.0 Å². The van der Waals surface area contributed by atoms with Crippen molar-refractivity contribution in [3.63, 3.8) is 0 Å². The van der Waals surface area contributed by atoms with Gasteiger partial charge >= 0.3 is 0 Å². The van der Waals surface area contributed by atoms with Crippen molar-refractivity contribution in [3.05, 3.63) is 20.8 Å². The van der Waals surface area contributed by atoms with Crippen LogP contribution in [0.25, 0.3) is 0 Å². The van der Waals surface area contributed by atoms with Crippen LogP contribution in [0.2, 0.25) is 0 Å². The van der Waals surface area contributed by atoms with Crippen LogP contribution in [0.4, 0.5) is 0 Å². The molecule has 0 radical (unpaired) electrons. The number of amides is 3. The number of rotatable bonds is 5. The molecule has 7 nitrogen and oxygen atoms in total. The number of ether oxygens (including phenoxy) is 1. The normalized spacial score (nSPS) is 17.0. The molecule has 0 bridgehead atoms. The SMILES string of the molecule is CC(NC(=O)c1ccc(Br)s1)C(=O)NC(C)C(=O)N1CCOCC1. The van der Waals surface area contributed by atoms with E-state index in [1.807, 2.05) is 0 Å². The van der Waals surface area contributed by atoms with Crippen LogP contribution >= 0.6 is 27.3 Å². The first kappa shape index (κ1) is 18.9. The third kappa shape index (κ3) is 5.02. The first-order chi connectivity index (χ1) is 11.4. The van der Waals surface area contributed by atoms with Gasteiger partial charge in [0, 0.05) is 13.1 Å². The van der Waals surface area contributed by atoms with Gasteiger partial charge in [-0.3, -0.25) is 14.4 Å². The van der Waals surface area contributed by atoms with Gasteiger partial charge in [0.1, 0.15) is 12.1 Å². The molecule has 0 aromatic carbocycles. The minimum absolute atomic E-state index is 0.146. The van der Waals surface area contributed by atoms with Crippen LogP contribution in [0.5, 0.6) is 0 Å². The number of carbonyl (C=O) groups excluding carboxylic acids is 3. The van der Waals surface area contributed by atoms with E-state index in [0.717, 1.165) is 3.79 Å². The molecule has 2 unspecified atom stereocenters. The predicted molar refractivity (Wildman–Crippen MR) is 94.0 cm³/mol. The Kier molecular flexibility index (Phi) is 6.76. The van der Waals surface area contributed by atoms with Gasteiger partial charge in [-0.25, -0.2) is 0 Å². The summed E-state index contributed by atoms with van der Waals surface area (Å²) in [5.41, 5.74) is 0. The molecular weight excluding hydrogens is 398 g/mol. The molecule has 3 amide bonds. The number of hydrogen-bond acceptors (Lipinski definition) is 5. The van der Waals surface area contributed by atoms with E-state index in [2.05, 4.69) is 26.6 Å². The molecule has 1 aromatic heterocycles. The predicted octanol–water partition coefficient (Wildman–Crippen LogP) is 0.992. The monoisotopic (exact) mass is 417 g/mol. The molecule has 1 aliphatic rings. The summed E-state index contributed by atoms with van der Waals surface area (Å²) in [6, 6.07) is 2.07. The highest BCUT2D eigenvalue weighted by Crippen LogP contribution is 2.21. The summed E-state index contributed by atoms with van der Waals surface area (Å²) in [5, 5.41) is 5.27. The molecule has 2 rings (SSSR count). The fourth-order valence-corrected chi connectivity index (χ4v) is 3.52. The topological polar surface area (TPSA) is 87.7 Å². The minimum atomic E-state index is -0.738. The maximum absolute atomic E-state index is 12.3. The van der Waals surface area contributed by atoms with Crippen molar-refractivity contribution in [3.8, 4) is 0 Å². The number of hydrogen-bond donors (Lipinski definition) is 2. The summed E-state index contributed by atoms with van der Waals surface area (Å²) in [7, 11) is 0. The smallest absolute Gasteiger partial charge is 0.262 e. The Labute approximate surface area is 152 Å². The van der Waals surface area contributed by atoms with Crippen LogP contribution in [-0.4, -0.2) is 61.0 Å². The van der Waals surface area contributed by atoms with Gasteiger partial charge < -0.3 is 20.3 Å². The third-order valence-corrected chi connectivity index (χ3v) is 5.21. The highest BCUT2D eigenvalue weighted by molar-refractivity contribution is 9.11. The highest BCUT2D eigenvalue weighted by Gasteiger charge is 2.26. The summed E-state index contributed by atoms with van der Waals surface area (Å²) < 4.78 is 6.05. The summed E-state index contributed by atoms with van der Waals surface area (Å²) in [5.74, 6) is -0.860. The molecule has 2 heterocycles. The van der Waals surface area contributed by atoms with Gasteiger partial charge in [0.25, 0.3) is 5.91 Å². The second kappa shape index (κ2) is 8.59. The van der Waals surface area contributed by atoms with E-state index in [0.29, 0.717) is 31.2 Å². The van der Waals surface area contributed by atoms with E-state index in [4.69, 9.17) is 4.74 Å². The fraction of sp³-hybridized carbons (Fsp3) is 0.533. The van der Waals surface area contributed by atoms with Gasteiger partial charge in [-0.15, -0.1) is 11.3 Å². The molecule has 132 valence electrons. The average molecular weight is 418 g/mol. The van der Waals surface area contributed by atoms with Crippen molar-refractivity contribution in [1.29, 1.82) is 0 Å². The maximum atomic E-state index is 12.3. The van der Waals surface area contributed by atoms with Crippen LogP contribution in [0.1, 0.15) is 23.5 Å². The fourth-order valence-electron chi connectivity index (χ4n) is 2.23. The molecule has 1 fully saturated rings. The first-order valence-electron chi connectivity index (χ1n) is 7.61. The quantitative estimate of drug-likeness (QED) is 0.747. The molecule has 2 N–H and O–H groups in total. The Bertz CT molecular complexity index is 616. The molecule has 2 atom stereocenters. The standard InChI is InChI=1S/C15H20BrN3O4S/c1-9(17-14(21)11-3-4-12(16)24-11)13(20)18-10(2)15(22)19-5-7-23-8-6-19/h3-4,9-10H,5-8H2,1-2H3,(H,17,21)(H,18,20). The third-order valence-electron chi connectivity index (χ3n) is 3.59. The molecule has 0 spiro atoms. The van der Waals surface area contributed by atoms with E-state index in [1.54, 1.807) is 30.9 Å². The average Bonchev–Trinajstić information content (AvgIpc) is 3.01. The summed E-state index contributed by atoms with van der Waals surface area (Å²) in [6.45, 7) is 5.30. The molecular formula is C15H20BrN3O4S. The van der Waals surface area contributed by atoms with Gasteiger partial charge in [-0.05, 0) is 41.9 Å². The van der Waals surface area contributed by atoms with Crippen LogP contribution in [-0.2, 0) is 14.3 Å². The lowest BCUT2D eigenvalue weighted by Gasteiger charge is -2.29.